The predicted molar refractivity (Wildman–Crippen MR) is 171 cm³/mol. The second kappa shape index (κ2) is 21.5. The Morgan fingerprint density at radius 1 is 0.760 bits per heavy atom. The van der Waals surface area contributed by atoms with Gasteiger partial charge < -0.3 is 47.8 Å². The molecule has 3 rings (SSSR count). The Morgan fingerprint density at radius 2 is 1.30 bits per heavy atom. The number of benzene rings is 2. The Labute approximate surface area is 288 Å². The molecule has 1 N–H and O–H groups in total. The van der Waals surface area contributed by atoms with E-state index in [-0.39, 0.29) is 31.5 Å². The minimum atomic E-state index is -1.53. The number of ether oxygens (including phenoxy) is 8. The van der Waals surface area contributed by atoms with E-state index in [9.17, 15) is 24.0 Å². The van der Waals surface area contributed by atoms with Gasteiger partial charge in [0.25, 0.3) is 0 Å². The standard InChI is InChI=1S/C34H41NO15/c1-4-25(34(41)50-35-29(22-11-7-5-8-12-22)30(37)23-13-9-6-10-14-23)46-20-27(32(39)44-16-15-36)48-21-28(33(40)49-18-24-17-45-24)47-19-26(42-2)31(38)43-3/h5-14,24-28,36H,4,15-21H2,1-3H3. The number of rotatable bonds is 23. The zero-order chi connectivity index (χ0) is 36.3. The SMILES string of the molecule is CCC(OCC(OCC(OCC(OC)C(=O)OC)C(=O)OCC1CO1)C(=O)OCCO)C(=O)ON=C(C(=O)c1ccccc1)c1ccccc1. The second-order valence-electron chi connectivity index (χ2n) is 10.5. The van der Waals surface area contributed by atoms with Gasteiger partial charge in [-0.3, -0.25) is 4.79 Å². The maximum absolute atomic E-state index is 13.3. The Kier molecular flexibility index (Phi) is 17.1. The van der Waals surface area contributed by atoms with Gasteiger partial charge in [0.15, 0.2) is 30.1 Å². The van der Waals surface area contributed by atoms with Crippen LogP contribution in [-0.4, -0.2) is 131 Å². The number of carbonyl (C=O) groups is 5. The van der Waals surface area contributed by atoms with Gasteiger partial charge >= 0.3 is 23.9 Å². The highest BCUT2D eigenvalue weighted by Gasteiger charge is 2.33. The van der Waals surface area contributed by atoms with Gasteiger partial charge in [0.2, 0.25) is 5.78 Å². The molecule has 0 saturated carbocycles. The number of oxime groups is 1. The molecule has 16 nitrogen and oxygen atoms in total. The van der Waals surface area contributed by atoms with Crippen LogP contribution in [0.3, 0.4) is 0 Å². The molecule has 0 radical (unpaired) electrons. The van der Waals surface area contributed by atoms with Gasteiger partial charge in [-0.2, -0.15) is 0 Å². The number of carbonyl (C=O) groups excluding carboxylic acids is 5. The quantitative estimate of drug-likeness (QED) is 0.0327. The van der Waals surface area contributed by atoms with E-state index < -0.39 is 80.5 Å². The lowest BCUT2D eigenvalue weighted by Gasteiger charge is -2.23. The summed E-state index contributed by atoms with van der Waals surface area (Å²) >= 11 is 0. The van der Waals surface area contributed by atoms with Crippen LogP contribution >= 0.6 is 0 Å². The van der Waals surface area contributed by atoms with Crippen molar-refractivity contribution in [3.63, 3.8) is 0 Å². The third-order valence-corrected chi connectivity index (χ3v) is 6.93. The summed E-state index contributed by atoms with van der Waals surface area (Å²) in [6.45, 7) is -0.468. The van der Waals surface area contributed by atoms with E-state index in [1.165, 1.54) is 7.11 Å². The van der Waals surface area contributed by atoms with E-state index in [1.807, 2.05) is 0 Å². The number of aliphatic hydroxyl groups is 1. The topological polar surface area (TPSA) is 204 Å². The summed E-state index contributed by atoms with van der Waals surface area (Å²) in [6.07, 6.45) is -5.64. The normalized spacial score (nSPS) is 16.3. The maximum Gasteiger partial charge on any atom is 0.363 e. The lowest BCUT2D eigenvalue weighted by atomic mass is 10.0. The number of hydrogen-bond donors (Lipinski definition) is 1. The summed E-state index contributed by atoms with van der Waals surface area (Å²) in [4.78, 5) is 69.1. The fourth-order valence-electron chi connectivity index (χ4n) is 4.06. The summed E-state index contributed by atoms with van der Waals surface area (Å²) < 4.78 is 41.8. The number of Topliss-reactive ketones (excluding diaryl/α,β-unsaturated/α-hetero) is 1. The van der Waals surface area contributed by atoms with Gasteiger partial charge in [-0.15, -0.1) is 0 Å². The van der Waals surface area contributed by atoms with Gasteiger partial charge in [0.05, 0.1) is 40.1 Å². The Balaban J connectivity index is 1.71. The molecule has 1 heterocycles. The summed E-state index contributed by atoms with van der Waals surface area (Å²) in [7, 11) is 2.40. The molecule has 5 unspecified atom stereocenters. The summed E-state index contributed by atoms with van der Waals surface area (Å²) in [5, 5.41) is 13.0. The summed E-state index contributed by atoms with van der Waals surface area (Å²) in [5.41, 5.74) is 0.611. The molecular formula is C34H41NO15. The zero-order valence-electron chi connectivity index (χ0n) is 27.9. The average Bonchev–Trinajstić information content (AvgIpc) is 3.98. The van der Waals surface area contributed by atoms with Crippen molar-refractivity contribution in [3.05, 3.63) is 71.8 Å². The van der Waals surface area contributed by atoms with Crippen molar-refractivity contribution in [2.75, 3.05) is 60.5 Å². The van der Waals surface area contributed by atoms with Crippen molar-refractivity contribution >= 4 is 35.4 Å². The minimum Gasteiger partial charge on any atom is -0.467 e. The van der Waals surface area contributed by atoms with E-state index in [2.05, 4.69) is 9.89 Å². The van der Waals surface area contributed by atoms with E-state index in [0.29, 0.717) is 17.7 Å². The van der Waals surface area contributed by atoms with Crippen molar-refractivity contribution < 1.29 is 71.8 Å². The number of epoxide rings is 1. The molecule has 0 bridgehead atoms. The number of ketones is 1. The molecule has 1 saturated heterocycles. The lowest BCUT2D eigenvalue weighted by molar-refractivity contribution is -0.182. The van der Waals surface area contributed by atoms with E-state index in [0.717, 1.165) is 7.11 Å². The van der Waals surface area contributed by atoms with Crippen LogP contribution < -0.4 is 0 Å². The van der Waals surface area contributed by atoms with Crippen LogP contribution in [0.5, 0.6) is 0 Å². The molecule has 0 aromatic heterocycles. The summed E-state index contributed by atoms with van der Waals surface area (Å²) in [5.74, 6) is -4.07. The molecule has 1 aliphatic heterocycles. The first-order valence-electron chi connectivity index (χ1n) is 15.7. The Bertz CT molecular complexity index is 1410. The first-order chi connectivity index (χ1) is 24.2. The zero-order valence-corrected chi connectivity index (χ0v) is 27.9. The monoisotopic (exact) mass is 703 g/mol. The van der Waals surface area contributed by atoms with Crippen LogP contribution in [0.25, 0.3) is 0 Å². The van der Waals surface area contributed by atoms with Crippen LogP contribution in [0, 0.1) is 0 Å². The number of nitrogens with zero attached hydrogens (tertiary/aromatic N) is 1. The number of esters is 3. The van der Waals surface area contributed by atoms with Crippen LogP contribution in [0.4, 0.5) is 0 Å². The third kappa shape index (κ3) is 13.0. The minimum absolute atomic E-state index is 0.0554. The van der Waals surface area contributed by atoms with Crippen LogP contribution in [0.2, 0.25) is 0 Å². The first kappa shape index (κ1) is 39.9. The molecule has 0 aliphatic carbocycles. The molecular weight excluding hydrogens is 662 g/mol. The molecule has 2 aromatic carbocycles. The van der Waals surface area contributed by atoms with Crippen LogP contribution in [0.1, 0.15) is 29.3 Å². The van der Waals surface area contributed by atoms with Crippen molar-refractivity contribution in [2.24, 2.45) is 5.16 Å². The largest absolute Gasteiger partial charge is 0.467 e. The van der Waals surface area contributed by atoms with E-state index in [1.54, 1.807) is 67.6 Å². The van der Waals surface area contributed by atoms with Gasteiger partial charge in [-0.05, 0) is 6.42 Å². The molecule has 2 aromatic rings. The van der Waals surface area contributed by atoms with Crippen molar-refractivity contribution in [1.29, 1.82) is 0 Å². The molecule has 0 amide bonds. The number of aliphatic hydroxyl groups excluding tert-OH is 1. The van der Waals surface area contributed by atoms with E-state index in [4.69, 9.17) is 43.1 Å². The van der Waals surface area contributed by atoms with Gasteiger partial charge in [0.1, 0.15) is 19.3 Å². The molecule has 0 spiro atoms. The predicted octanol–water partition coefficient (Wildman–Crippen LogP) is 1.05. The van der Waals surface area contributed by atoms with Crippen molar-refractivity contribution in [1.82, 2.24) is 0 Å². The molecule has 50 heavy (non-hydrogen) atoms. The number of hydrogen-bond acceptors (Lipinski definition) is 16. The fraction of sp³-hybridized carbons (Fsp3) is 0.471. The van der Waals surface area contributed by atoms with Gasteiger partial charge in [-0.25, -0.2) is 19.2 Å². The highest BCUT2D eigenvalue weighted by atomic mass is 16.7. The number of methoxy groups -OCH3 is 2. The average molecular weight is 704 g/mol. The molecule has 1 fully saturated rings. The van der Waals surface area contributed by atoms with Crippen LogP contribution in [-0.2, 0) is 61.9 Å². The summed E-state index contributed by atoms with van der Waals surface area (Å²) in [6, 6.07) is 16.8. The molecule has 1 aliphatic rings. The Morgan fingerprint density at radius 3 is 1.82 bits per heavy atom. The fourth-order valence-corrected chi connectivity index (χ4v) is 4.06. The smallest absolute Gasteiger partial charge is 0.363 e. The van der Waals surface area contributed by atoms with Crippen molar-refractivity contribution in [2.45, 2.75) is 43.9 Å². The first-order valence-corrected chi connectivity index (χ1v) is 15.7. The highest BCUT2D eigenvalue weighted by Crippen LogP contribution is 2.14. The molecule has 5 atom stereocenters. The lowest BCUT2D eigenvalue weighted by Crippen LogP contribution is -2.41. The highest BCUT2D eigenvalue weighted by molar-refractivity contribution is 6.51. The molecule has 272 valence electrons. The Hall–Kier alpha value is -4.58. The van der Waals surface area contributed by atoms with Crippen molar-refractivity contribution in [3.8, 4) is 0 Å². The van der Waals surface area contributed by atoms with Crippen LogP contribution in [0.15, 0.2) is 65.8 Å². The van der Waals surface area contributed by atoms with Gasteiger partial charge in [0, 0.05) is 18.2 Å². The van der Waals surface area contributed by atoms with E-state index >= 15 is 0 Å². The second-order valence-corrected chi connectivity index (χ2v) is 10.5. The maximum atomic E-state index is 13.3. The third-order valence-electron chi connectivity index (χ3n) is 6.93. The molecule has 16 heteroatoms. The van der Waals surface area contributed by atoms with Gasteiger partial charge in [-0.1, -0.05) is 72.7 Å².